The van der Waals surface area contributed by atoms with Gasteiger partial charge in [-0.1, -0.05) is 6.07 Å². The molecule has 98 valence electrons. The summed E-state index contributed by atoms with van der Waals surface area (Å²) in [6.45, 7) is 0. The molecule has 0 saturated carbocycles. The second kappa shape index (κ2) is 5.57. The summed E-state index contributed by atoms with van der Waals surface area (Å²) < 4.78 is 5.68. The maximum Gasteiger partial charge on any atom is 0.321 e. The number of alkyl halides is 1. The maximum atomic E-state index is 5.70. The minimum atomic E-state index is 0.365. The van der Waals surface area contributed by atoms with Crippen LogP contribution in [0.25, 0.3) is 0 Å². The normalized spacial score (nSPS) is 13.9. The molecule has 0 saturated heterocycles. The summed E-state index contributed by atoms with van der Waals surface area (Å²) in [6.07, 6.45) is 8.24. The average Bonchev–Trinajstić information content (AvgIpc) is 2.48. The van der Waals surface area contributed by atoms with Crippen LogP contribution in [-0.4, -0.2) is 9.97 Å². The van der Waals surface area contributed by atoms with Crippen molar-refractivity contribution in [2.24, 2.45) is 0 Å². The fourth-order valence-corrected chi connectivity index (χ4v) is 2.48. The Hall–Kier alpha value is -1.61. The molecule has 4 heteroatoms. The number of aromatic nitrogens is 2. The van der Waals surface area contributed by atoms with Crippen molar-refractivity contribution in [3.8, 4) is 11.8 Å². The lowest BCUT2D eigenvalue weighted by Crippen LogP contribution is -2.02. The third kappa shape index (κ3) is 2.87. The first-order chi connectivity index (χ1) is 9.35. The van der Waals surface area contributed by atoms with Crippen molar-refractivity contribution in [2.45, 2.75) is 31.6 Å². The van der Waals surface area contributed by atoms with E-state index in [0.29, 0.717) is 11.9 Å². The van der Waals surface area contributed by atoms with Gasteiger partial charge in [0.2, 0.25) is 0 Å². The lowest BCUT2D eigenvalue weighted by molar-refractivity contribution is 0.440. The molecule has 1 aliphatic rings. The molecule has 0 bridgehead atoms. The predicted octanol–water partition coefficient (Wildman–Crippen LogP) is 3.89. The quantitative estimate of drug-likeness (QED) is 0.797. The fourth-order valence-electron chi connectivity index (χ4n) is 2.34. The highest BCUT2D eigenvalue weighted by molar-refractivity contribution is 6.17. The first kappa shape index (κ1) is 12.4. The Morgan fingerprint density at radius 1 is 1.05 bits per heavy atom. The third-order valence-electron chi connectivity index (χ3n) is 3.37. The summed E-state index contributed by atoms with van der Waals surface area (Å²) in [5.41, 5.74) is 3.72. The summed E-state index contributed by atoms with van der Waals surface area (Å²) >= 11 is 5.70. The Kier molecular flexibility index (Phi) is 3.65. The molecule has 0 spiro atoms. The Bertz CT molecular complexity index is 569. The number of fused-ring (bicyclic) bond motifs is 1. The minimum absolute atomic E-state index is 0.365. The number of hydrogen-bond acceptors (Lipinski definition) is 3. The summed E-state index contributed by atoms with van der Waals surface area (Å²) in [5, 5.41) is 0. The van der Waals surface area contributed by atoms with Gasteiger partial charge in [-0.15, -0.1) is 11.6 Å². The molecule has 0 amide bonds. The van der Waals surface area contributed by atoms with Gasteiger partial charge in [0.15, 0.2) is 0 Å². The smallest absolute Gasteiger partial charge is 0.321 e. The average molecular weight is 275 g/mol. The fraction of sp³-hybridized carbons (Fsp3) is 0.333. The van der Waals surface area contributed by atoms with Gasteiger partial charge in [0.1, 0.15) is 5.75 Å². The zero-order chi connectivity index (χ0) is 13.1. The van der Waals surface area contributed by atoms with Crippen LogP contribution in [0, 0.1) is 0 Å². The van der Waals surface area contributed by atoms with Crippen LogP contribution in [0.4, 0.5) is 0 Å². The van der Waals surface area contributed by atoms with Crippen molar-refractivity contribution < 1.29 is 4.74 Å². The van der Waals surface area contributed by atoms with Gasteiger partial charge in [0.25, 0.3) is 0 Å². The van der Waals surface area contributed by atoms with E-state index in [4.69, 9.17) is 16.3 Å². The first-order valence-electron chi connectivity index (χ1n) is 6.52. The Labute approximate surface area is 117 Å². The molecule has 0 aliphatic heterocycles. The van der Waals surface area contributed by atoms with E-state index >= 15 is 0 Å². The number of ether oxygens (including phenoxy) is 1. The van der Waals surface area contributed by atoms with Crippen LogP contribution < -0.4 is 4.74 Å². The second-order valence-corrected chi connectivity index (χ2v) is 5.01. The molecular weight excluding hydrogens is 260 g/mol. The van der Waals surface area contributed by atoms with E-state index in [1.165, 1.54) is 30.4 Å². The van der Waals surface area contributed by atoms with E-state index in [-0.39, 0.29) is 0 Å². The summed E-state index contributed by atoms with van der Waals surface area (Å²) in [6, 6.07) is 6.61. The lowest BCUT2D eigenvalue weighted by Gasteiger charge is -2.16. The highest BCUT2D eigenvalue weighted by Crippen LogP contribution is 2.27. The molecule has 1 heterocycles. The molecule has 0 fully saturated rings. The molecule has 1 aromatic carbocycles. The highest BCUT2D eigenvalue weighted by atomic mass is 35.5. The maximum absolute atomic E-state index is 5.70. The van der Waals surface area contributed by atoms with Gasteiger partial charge < -0.3 is 4.74 Å². The molecule has 0 radical (unpaired) electrons. The molecule has 0 unspecified atom stereocenters. The van der Waals surface area contributed by atoms with Gasteiger partial charge >= 0.3 is 6.01 Å². The molecule has 1 aliphatic carbocycles. The van der Waals surface area contributed by atoms with Gasteiger partial charge in [0, 0.05) is 18.0 Å². The van der Waals surface area contributed by atoms with Gasteiger partial charge in [0.05, 0.1) is 5.88 Å². The Morgan fingerprint density at radius 2 is 1.79 bits per heavy atom. The van der Waals surface area contributed by atoms with E-state index in [2.05, 4.69) is 22.1 Å². The Morgan fingerprint density at radius 3 is 2.53 bits per heavy atom. The molecule has 19 heavy (non-hydrogen) atoms. The van der Waals surface area contributed by atoms with Crippen molar-refractivity contribution in [3.05, 3.63) is 47.3 Å². The SMILES string of the molecule is ClCc1cnc(Oc2ccc3c(c2)CCCC3)nc1. The predicted molar refractivity (Wildman–Crippen MR) is 74.7 cm³/mol. The highest BCUT2D eigenvalue weighted by Gasteiger charge is 2.10. The molecule has 0 atom stereocenters. The van der Waals surface area contributed by atoms with Crippen LogP contribution >= 0.6 is 11.6 Å². The van der Waals surface area contributed by atoms with Crippen molar-refractivity contribution >= 4 is 11.6 Å². The molecule has 0 N–H and O–H groups in total. The molecule has 3 rings (SSSR count). The van der Waals surface area contributed by atoms with Gasteiger partial charge in [-0.05, 0) is 48.9 Å². The molecule has 3 nitrogen and oxygen atoms in total. The Balaban J connectivity index is 1.78. The number of hydrogen-bond donors (Lipinski definition) is 0. The van der Waals surface area contributed by atoms with Crippen LogP contribution in [0.1, 0.15) is 29.5 Å². The number of benzene rings is 1. The van der Waals surface area contributed by atoms with Crippen LogP contribution in [0.5, 0.6) is 11.8 Å². The molecular formula is C15H15ClN2O. The molecule has 1 aromatic heterocycles. The van der Waals surface area contributed by atoms with Crippen molar-refractivity contribution in [2.75, 3.05) is 0 Å². The largest absolute Gasteiger partial charge is 0.424 e. The lowest BCUT2D eigenvalue weighted by atomic mass is 9.92. The van der Waals surface area contributed by atoms with E-state index in [9.17, 15) is 0 Å². The zero-order valence-corrected chi connectivity index (χ0v) is 11.4. The minimum Gasteiger partial charge on any atom is -0.424 e. The standard InChI is InChI=1S/C15H15ClN2O/c16-8-11-9-17-15(18-10-11)19-14-6-5-12-3-1-2-4-13(12)7-14/h5-7,9-10H,1-4,8H2. The van der Waals surface area contributed by atoms with Crippen molar-refractivity contribution in [1.82, 2.24) is 9.97 Å². The summed E-state index contributed by atoms with van der Waals surface area (Å²) in [4.78, 5) is 8.28. The zero-order valence-electron chi connectivity index (χ0n) is 10.6. The van der Waals surface area contributed by atoms with E-state index < -0.39 is 0 Å². The third-order valence-corrected chi connectivity index (χ3v) is 3.67. The van der Waals surface area contributed by atoms with Crippen molar-refractivity contribution in [1.29, 1.82) is 0 Å². The van der Waals surface area contributed by atoms with Crippen LogP contribution in [-0.2, 0) is 18.7 Å². The van der Waals surface area contributed by atoms with Gasteiger partial charge in [-0.25, -0.2) is 9.97 Å². The first-order valence-corrected chi connectivity index (χ1v) is 7.05. The number of aryl methyl sites for hydroxylation is 2. The van der Waals surface area contributed by atoms with Gasteiger partial charge in [-0.2, -0.15) is 0 Å². The summed E-state index contributed by atoms with van der Waals surface area (Å²) in [5.74, 6) is 1.22. The van der Waals surface area contributed by atoms with E-state index in [1.807, 2.05) is 6.07 Å². The van der Waals surface area contributed by atoms with Gasteiger partial charge in [-0.3, -0.25) is 0 Å². The van der Waals surface area contributed by atoms with E-state index in [0.717, 1.165) is 17.7 Å². The van der Waals surface area contributed by atoms with E-state index in [1.54, 1.807) is 12.4 Å². The monoisotopic (exact) mass is 274 g/mol. The van der Waals surface area contributed by atoms with Crippen LogP contribution in [0.3, 0.4) is 0 Å². The topological polar surface area (TPSA) is 35.0 Å². The van der Waals surface area contributed by atoms with Crippen LogP contribution in [0.15, 0.2) is 30.6 Å². The van der Waals surface area contributed by atoms with Crippen LogP contribution in [0.2, 0.25) is 0 Å². The molecule has 2 aromatic rings. The number of nitrogens with zero attached hydrogens (tertiary/aromatic N) is 2. The second-order valence-electron chi connectivity index (χ2n) is 4.75. The number of halogens is 1. The number of rotatable bonds is 3. The summed E-state index contributed by atoms with van der Waals surface area (Å²) in [7, 11) is 0. The van der Waals surface area contributed by atoms with Crippen molar-refractivity contribution in [3.63, 3.8) is 0 Å².